The average molecular weight is 287 g/mol. The van der Waals surface area contributed by atoms with E-state index in [4.69, 9.17) is 21.8 Å². The number of rotatable bonds is 2. The van der Waals surface area contributed by atoms with E-state index >= 15 is 0 Å². The quantitative estimate of drug-likeness (QED) is 0.581. The molecule has 0 radical (unpaired) electrons. The van der Waals surface area contributed by atoms with E-state index in [1.54, 1.807) is 4.68 Å². The molecule has 0 atom stereocenters. The molecular formula is C15H13ClN3O+. The first kappa shape index (κ1) is 12.7. The SMILES string of the molecule is Cc1n[n+](-c2ccc(Cl)cc2)c(-c2ccc(N)cc2)o1. The Balaban J connectivity index is 2.12. The van der Waals surface area contributed by atoms with E-state index in [1.807, 2.05) is 55.5 Å². The molecule has 0 amide bonds. The lowest BCUT2D eigenvalue weighted by atomic mass is 10.2. The predicted octanol–water partition coefficient (Wildman–Crippen LogP) is 3.16. The molecule has 2 N–H and O–H groups in total. The maximum Gasteiger partial charge on any atom is 0.413 e. The molecule has 0 saturated carbocycles. The Kier molecular flexibility index (Phi) is 3.16. The Morgan fingerprint density at radius 2 is 1.70 bits per heavy atom. The molecule has 0 aliphatic heterocycles. The first-order valence-electron chi connectivity index (χ1n) is 6.15. The first-order valence-corrected chi connectivity index (χ1v) is 6.53. The summed E-state index contributed by atoms with van der Waals surface area (Å²) >= 11 is 5.91. The van der Waals surface area contributed by atoms with E-state index in [0.29, 0.717) is 22.5 Å². The second-order valence-electron chi connectivity index (χ2n) is 4.44. The minimum Gasteiger partial charge on any atom is -0.399 e. The Morgan fingerprint density at radius 3 is 2.35 bits per heavy atom. The Hall–Kier alpha value is -2.33. The molecule has 0 unspecified atom stereocenters. The lowest BCUT2D eigenvalue weighted by Gasteiger charge is -1.96. The van der Waals surface area contributed by atoms with Crippen LogP contribution in [0.1, 0.15) is 5.89 Å². The number of nitrogen functional groups attached to an aromatic ring is 1. The maximum absolute atomic E-state index is 5.91. The third kappa shape index (κ3) is 2.38. The lowest BCUT2D eigenvalue weighted by Crippen LogP contribution is -2.34. The summed E-state index contributed by atoms with van der Waals surface area (Å²) in [5.41, 5.74) is 8.22. The van der Waals surface area contributed by atoms with Gasteiger partial charge in [0.1, 0.15) is 0 Å². The predicted molar refractivity (Wildman–Crippen MR) is 77.6 cm³/mol. The van der Waals surface area contributed by atoms with Crippen LogP contribution < -0.4 is 10.4 Å². The van der Waals surface area contributed by atoms with Crippen LogP contribution in [0.3, 0.4) is 0 Å². The summed E-state index contributed by atoms with van der Waals surface area (Å²) in [7, 11) is 0. The van der Waals surface area contributed by atoms with Gasteiger partial charge in [0.15, 0.2) is 0 Å². The van der Waals surface area contributed by atoms with Crippen molar-refractivity contribution in [1.82, 2.24) is 5.10 Å². The minimum atomic E-state index is 0.590. The molecule has 2 aromatic carbocycles. The lowest BCUT2D eigenvalue weighted by molar-refractivity contribution is -0.648. The summed E-state index contributed by atoms with van der Waals surface area (Å²) in [6.07, 6.45) is 0. The van der Waals surface area contributed by atoms with Crippen molar-refractivity contribution in [3.8, 4) is 17.1 Å². The smallest absolute Gasteiger partial charge is 0.399 e. The number of nitrogens with zero attached hydrogens (tertiary/aromatic N) is 2. The van der Waals surface area contributed by atoms with E-state index in [0.717, 1.165) is 11.3 Å². The Morgan fingerprint density at radius 1 is 1.05 bits per heavy atom. The van der Waals surface area contributed by atoms with E-state index in [-0.39, 0.29) is 0 Å². The van der Waals surface area contributed by atoms with Crippen molar-refractivity contribution in [2.24, 2.45) is 0 Å². The number of nitrogens with two attached hydrogens (primary N) is 1. The van der Waals surface area contributed by atoms with Crippen LogP contribution in [0.15, 0.2) is 52.9 Å². The molecule has 0 fully saturated rings. The van der Waals surface area contributed by atoms with Gasteiger partial charge in [-0.3, -0.25) is 0 Å². The zero-order valence-corrected chi connectivity index (χ0v) is 11.6. The number of benzene rings is 2. The minimum absolute atomic E-state index is 0.590. The number of halogens is 1. The molecule has 0 aliphatic rings. The molecule has 0 saturated heterocycles. The van der Waals surface area contributed by atoms with E-state index in [2.05, 4.69) is 5.10 Å². The van der Waals surface area contributed by atoms with Crippen LogP contribution in [0.4, 0.5) is 5.69 Å². The highest BCUT2D eigenvalue weighted by Crippen LogP contribution is 2.20. The molecule has 0 bridgehead atoms. The summed E-state index contributed by atoms with van der Waals surface area (Å²) in [6.45, 7) is 1.81. The Bertz CT molecular complexity index is 670. The monoisotopic (exact) mass is 286 g/mol. The molecule has 3 aromatic rings. The second kappa shape index (κ2) is 4.98. The molecule has 1 aromatic heterocycles. The van der Waals surface area contributed by atoms with Gasteiger partial charge in [-0.2, -0.15) is 0 Å². The zero-order valence-electron chi connectivity index (χ0n) is 10.9. The van der Waals surface area contributed by atoms with Gasteiger partial charge in [-0.15, -0.1) is 0 Å². The van der Waals surface area contributed by atoms with Gasteiger partial charge in [-0.05, 0) is 41.1 Å². The van der Waals surface area contributed by atoms with E-state index < -0.39 is 0 Å². The highest BCUT2D eigenvalue weighted by Gasteiger charge is 2.24. The number of aryl methyl sites for hydroxylation is 1. The van der Waals surface area contributed by atoms with Crippen LogP contribution in [0.2, 0.25) is 5.02 Å². The Labute approximate surface area is 121 Å². The van der Waals surface area contributed by atoms with Crippen molar-refractivity contribution >= 4 is 17.3 Å². The summed E-state index contributed by atoms with van der Waals surface area (Å²) in [4.78, 5) is 0. The number of anilines is 1. The van der Waals surface area contributed by atoms with Gasteiger partial charge in [0.25, 0.3) is 5.89 Å². The summed E-state index contributed by atoms with van der Waals surface area (Å²) in [5, 5.41) is 5.07. The van der Waals surface area contributed by atoms with Crippen LogP contribution in [0, 0.1) is 6.92 Å². The van der Waals surface area contributed by atoms with Gasteiger partial charge in [-0.1, -0.05) is 11.6 Å². The van der Waals surface area contributed by atoms with Gasteiger partial charge in [0, 0.05) is 34.9 Å². The second-order valence-corrected chi connectivity index (χ2v) is 4.87. The van der Waals surface area contributed by atoms with Crippen molar-refractivity contribution in [2.45, 2.75) is 6.92 Å². The zero-order chi connectivity index (χ0) is 14.1. The van der Waals surface area contributed by atoms with Crippen LogP contribution >= 0.6 is 11.6 Å². The van der Waals surface area contributed by atoms with Crippen molar-refractivity contribution < 1.29 is 9.10 Å². The fourth-order valence-electron chi connectivity index (χ4n) is 1.95. The summed E-state index contributed by atoms with van der Waals surface area (Å²) < 4.78 is 7.45. The van der Waals surface area contributed by atoms with Gasteiger partial charge < -0.3 is 10.2 Å². The molecule has 4 nitrogen and oxygen atoms in total. The van der Waals surface area contributed by atoms with Crippen LogP contribution in [-0.4, -0.2) is 5.10 Å². The van der Waals surface area contributed by atoms with Gasteiger partial charge in [0.05, 0.1) is 5.56 Å². The molecule has 100 valence electrons. The molecule has 0 aliphatic carbocycles. The molecule has 1 heterocycles. The van der Waals surface area contributed by atoms with E-state index in [9.17, 15) is 0 Å². The average Bonchev–Trinajstić information content (AvgIpc) is 2.82. The van der Waals surface area contributed by atoms with Crippen molar-refractivity contribution in [3.05, 3.63) is 59.4 Å². The van der Waals surface area contributed by atoms with Crippen molar-refractivity contribution in [3.63, 3.8) is 0 Å². The molecular weight excluding hydrogens is 274 g/mol. The number of hydrogen-bond acceptors (Lipinski definition) is 3. The van der Waals surface area contributed by atoms with Gasteiger partial charge in [-0.25, -0.2) is 0 Å². The van der Waals surface area contributed by atoms with Gasteiger partial charge >= 0.3 is 5.89 Å². The summed E-state index contributed by atoms with van der Waals surface area (Å²) in [5.74, 6) is 1.25. The first-order chi connectivity index (χ1) is 9.63. The highest BCUT2D eigenvalue weighted by atomic mass is 35.5. The molecule has 3 rings (SSSR count). The van der Waals surface area contributed by atoms with Crippen LogP contribution in [0.5, 0.6) is 0 Å². The standard InChI is InChI=1S/C15H12ClN3O/c1-10-18-19(14-8-4-12(16)5-9-14)15(20-10)11-2-6-13(17)7-3-11/h2-9,17H,1H3/p+1. The molecule has 5 heteroatoms. The van der Waals surface area contributed by atoms with Crippen LogP contribution in [-0.2, 0) is 0 Å². The molecule has 20 heavy (non-hydrogen) atoms. The maximum atomic E-state index is 5.91. The van der Waals surface area contributed by atoms with E-state index in [1.165, 1.54) is 0 Å². The number of aromatic nitrogens is 2. The largest absolute Gasteiger partial charge is 0.413 e. The fourth-order valence-corrected chi connectivity index (χ4v) is 2.08. The topological polar surface area (TPSA) is 55.9 Å². The number of hydrogen-bond donors (Lipinski definition) is 1. The highest BCUT2D eigenvalue weighted by molar-refractivity contribution is 6.30. The molecule has 0 spiro atoms. The summed E-state index contributed by atoms with van der Waals surface area (Å²) in [6, 6.07) is 14.9. The normalized spacial score (nSPS) is 10.7. The third-order valence-corrected chi connectivity index (χ3v) is 3.16. The fraction of sp³-hybridized carbons (Fsp3) is 0.0667. The van der Waals surface area contributed by atoms with Gasteiger partial charge in [0.2, 0.25) is 5.69 Å². The van der Waals surface area contributed by atoms with Crippen molar-refractivity contribution in [2.75, 3.05) is 5.73 Å². The van der Waals surface area contributed by atoms with Crippen LogP contribution in [0.25, 0.3) is 17.1 Å². The van der Waals surface area contributed by atoms with Crippen molar-refractivity contribution in [1.29, 1.82) is 0 Å². The third-order valence-electron chi connectivity index (χ3n) is 2.91.